The molecule has 36 heavy (non-hydrogen) atoms. The summed E-state index contributed by atoms with van der Waals surface area (Å²) in [6.07, 6.45) is 0. The summed E-state index contributed by atoms with van der Waals surface area (Å²) in [4.78, 5) is 16.7. The van der Waals surface area contributed by atoms with E-state index in [0.717, 1.165) is 30.0 Å². The van der Waals surface area contributed by atoms with E-state index in [-0.39, 0.29) is 29.3 Å². The minimum Gasteiger partial charge on any atom is -0.507 e. The molecule has 0 bridgehead atoms. The lowest BCUT2D eigenvalue weighted by Gasteiger charge is -2.28. The second-order valence-corrected chi connectivity index (χ2v) is 9.35. The molecule has 0 radical (unpaired) electrons. The highest BCUT2D eigenvalue weighted by Crippen LogP contribution is 2.36. The summed E-state index contributed by atoms with van der Waals surface area (Å²) < 4.78 is 23.9. The molecular weight excluding hydrogens is 459 g/mol. The Labute approximate surface area is 211 Å². The van der Waals surface area contributed by atoms with Gasteiger partial charge in [-0.25, -0.2) is 4.39 Å². The molecule has 0 unspecified atom stereocenters. The monoisotopic (exact) mass is 492 g/mol. The number of methoxy groups -OCH3 is 2. The fraction of sp³-hybridized carbons (Fsp3) is 0.345. The summed E-state index contributed by atoms with van der Waals surface area (Å²) >= 11 is 0. The second kappa shape index (κ2) is 11.4. The first-order valence-corrected chi connectivity index (χ1v) is 12.1. The largest absolute Gasteiger partial charge is 0.507 e. The normalized spacial score (nSPS) is 17.7. The lowest BCUT2D eigenvalue weighted by molar-refractivity contribution is -0.130. The van der Waals surface area contributed by atoms with Crippen LogP contribution in [0.3, 0.4) is 0 Å². The van der Waals surface area contributed by atoms with Crippen LogP contribution in [0.15, 0.2) is 66.7 Å². The average molecular weight is 493 g/mol. The first kappa shape index (κ1) is 25.5. The number of carbonyl (C=O) groups excluding carboxylic acids is 1. The van der Waals surface area contributed by atoms with Crippen LogP contribution in [0.25, 0.3) is 0 Å². The Hall–Kier alpha value is -3.58. The van der Waals surface area contributed by atoms with E-state index in [0.29, 0.717) is 25.4 Å². The molecular formula is C29H33FN2O4. The van der Waals surface area contributed by atoms with Crippen molar-refractivity contribution in [1.29, 1.82) is 0 Å². The molecule has 0 spiro atoms. The summed E-state index contributed by atoms with van der Waals surface area (Å²) in [6, 6.07) is 19.8. The first-order chi connectivity index (χ1) is 17.4. The van der Waals surface area contributed by atoms with Crippen LogP contribution in [0.1, 0.15) is 29.5 Å². The number of aromatic hydroxyl groups is 1. The van der Waals surface area contributed by atoms with Crippen LogP contribution in [0.2, 0.25) is 0 Å². The minimum absolute atomic E-state index is 0.0148. The molecule has 1 saturated heterocycles. The Bertz CT molecular complexity index is 1170. The van der Waals surface area contributed by atoms with Gasteiger partial charge in [0.05, 0.1) is 14.2 Å². The topological polar surface area (TPSA) is 62.2 Å². The van der Waals surface area contributed by atoms with Gasteiger partial charge in [0, 0.05) is 57.2 Å². The molecule has 2 atom stereocenters. The number of nitrogens with zero attached hydrogens (tertiary/aromatic N) is 2. The van der Waals surface area contributed by atoms with Gasteiger partial charge >= 0.3 is 0 Å². The van der Waals surface area contributed by atoms with Crippen molar-refractivity contribution in [2.45, 2.75) is 25.9 Å². The fourth-order valence-electron chi connectivity index (χ4n) is 4.95. The highest BCUT2D eigenvalue weighted by Gasteiger charge is 2.35. The Morgan fingerprint density at radius 2 is 1.67 bits per heavy atom. The molecule has 0 saturated carbocycles. The number of halogens is 1. The van der Waals surface area contributed by atoms with Gasteiger partial charge in [-0.1, -0.05) is 30.3 Å². The third-order valence-electron chi connectivity index (χ3n) is 6.93. The third kappa shape index (κ3) is 6.15. The number of likely N-dealkylation sites (tertiary alicyclic amines) is 1. The number of ether oxygens (including phenoxy) is 2. The molecule has 1 aliphatic heterocycles. The molecule has 6 nitrogen and oxygen atoms in total. The van der Waals surface area contributed by atoms with Crippen molar-refractivity contribution in [3.8, 4) is 17.2 Å². The number of carbonyl (C=O) groups is 1. The van der Waals surface area contributed by atoms with E-state index in [1.807, 2.05) is 29.2 Å². The van der Waals surface area contributed by atoms with Gasteiger partial charge in [0.1, 0.15) is 23.1 Å². The first-order valence-electron chi connectivity index (χ1n) is 12.1. The van der Waals surface area contributed by atoms with Crippen LogP contribution in [-0.2, 0) is 17.9 Å². The van der Waals surface area contributed by atoms with E-state index < -0.39 is 0 Å². The van der Waals surface area contributed by atoms with Crippen LogP contribution in [0.4, 0.5) is 4.39 Å². The van der Waals surface area contributed by atoms with Crippen molar-refractivity contribution in [3.63, 3.8) is 0 Å². The van der Waals surface area contributed by atoms with Crippen molar-refractivity contribution in [2.75, 3.05) is 33.9 Å². The number of amides is 1. The average Bonchev–Trinajstić information content (AvgIpc) is 3.28. The van der Waals surface area contributed by atoms with Crippen LogP contribution in [0.5, 0.6) is 17.2 Å². The van der Waals surface area contributed by atoms with Crippen LogP contribution < -0.4 is 9.47 Å². The summed E-state index contributed by atoms with van der Waals surface area (Å²) in [6.45, 7) is 4.75. The van der Waals surface area contributed by atoms with E-state index in [1.165, 1.54) is 17.7 Å². The van der Waals surface area contributed by atoms with Gasteiger partial charge in [-0.15, -0.1) is 0 Å². The lowest BCUT2D eigenvalue weighted by Crippen LogP contribution is -2.35. The van der Waals surface area contributed by atoms with Crippen LogP contribution in [0, 0.1) is 11.7 Å². The highest BCUT2D eigenvalue weighted by atomic mass is 19.1. The summed E-state index contributed by atoms with van der Waals surface area (Å²) in [5, 5.41) is 10.5. The number of hydrogen-bond donors (Lipinski definition) is 1. The van der Waals surface area contributed by atoms with Gasteiger partial charge in [-0.2, -0.15) is 0 Å². The summed E-state index contributed by atoms with van der Waals surface area (Å²) in [5.74, 6) is 1.70. The van der Waals surface area contributed by atoms with Gasteiger partial charge in [0.15, 0.2) is 0 Å². The standard InChI is InChI=1S/C29H33FN2O4/c1-20(33)32(15-21-4-9-25(30)10-5-21)18-24-17-31(16-23-8-13-27(36-3)14-29(23)34)19-28(24)22-6-11-26(35-2)12-7-22/h4-14,24,28,34H,15-19H2,1-3H3/t24-,28-/m1/s1. The van der Waals surface area contributed by atoms with E-state index >= 15 is 0 Å². The minimum atomic E-state index is -0.291. The maximum Gasteiger partial charge on any atom is 0.219 e. The van der Waals surface area contributed by atoms with Crippen molar-refractivity contribution in [2.24, 2.45) is 5.92 Å². The molecule has 0 aromatic heterocycles. The molecule has 1 fully saturated rings. The van der Waals surface area contributed by atoms with Crippen molar-refractivity contribution in [3.05, 3.63) is 89.2 Å². The van der Waals surface area contributed by atoms with Crippen molar-refractivity contribution < 1.29 is 23.8 Å². The zero-order valence-electron chi connectivity index (χ0n) is 21.0. The lowest BCUT2D eigenvalue weighted by atomic mass is 9.88. The Morgan fingerprint density at radius 1 is 1.00 bits per heavy atom. The highest BCUT2D eigenvalue weighted by molar-refractivity contribution is 5.73. The molecule has 3 aromatic carbocycles. The number of benzene rings is 3. The van der Waals surface area contributed by atoms with Gasteiger partial charge in [0.2, 0.25) is 5.91 Å². The molecule has 3 aromatic rings. The zero-order chi connectivity index (χ0) is 25.7. The molecule has 4 rings (SSSR count). The maximum absolute atomic E-state index is 13.4. The number of hydrogen-bond acceptors (Lipinski definition) is 5. The van der Waals surface area contributed by atoms with E-state index in [1.54, 1.807) is 39.3 Å². The molecule has 190 valence electrons. The zero-order valence-corrected chi connectivity index (χ0v) is 21.0. The second-order valence-electron chi connectivity index (χ2n) is 9.35. The Kier molecular flexibility index (Phi) is 8.10. The predicted octanol–water partition coefficient (Wildman–Crippen LogP) is 4.81. The fourth-order valence-corrected chi connectivity index (χ4v) is 4.95. The van der Waals surface area contributed by atoms with Gasteiger partial charge < -0.3 is 19.5 Å². The van der Waals surface area contributed by atoms with E-state index in [4.69, 9.17) is 9.47 Å². The van der Waals surface area contributed by atoms with Gasteiger partial charge in [-0.05, 0) is 47.4 Å². The van der Waals surface area contributed by atoms with E-state index in [2.05, 4.69) is 17.0 Å². The molecule has 1 amide bonds. The summed E-state index contributed by atoms with van der Waals surface area (Å²) in [5.41, 5.74) is 2.91. The quantitative estimate of drug-likeness (QED) is 0.464. The van der Waals surface area contributed by atoms with Crippen LogP contribution >= 0.6 is 0 Å². The van der Waals surface area contributed by atoms with Crippen LogP contribution in [-0.4, -0.2) is 54.7 Å². The Balaban J connectivity index is 1.55. The molecule has 1 aliphatic rings. The maximum atomic E-state index is 13.4. The van der Waals surface area contributed by atoms with E-state index in [9.17, 15) is 14.3 Å². The number of phenols is 1. The van der Waals surface area contributed by atoms with Gasteiger partial charge in [0.25, 0.3) is 0 Å². The SMILES string of the molecule is COc1ccc([C@H]2CN(Cc3ccc(OC)cc3O)C[C@@H]2CN(Cc2ccc(F)cc2)C(C)=O)cc1. The van der Waals surface area contributed by atoms with Gasteiger partial charge in [-0.3, -0.25) is 9.69 Å². The number of phenolic OH excluding ortho intramolecular Hbond substituents is 1. The molecule has 0 aliphatic carbocycles. The molecule has 7 heteroatoms. The van der Waals surface area contributed by atoms with Crippen molar-refractivity contribution >= 4 is 5.91 Å². The smallest absolute Gasteiger partial charge is 0.219 e. The number of rotatable bonds is 9. The van der Waals surface area contributed by atoms with Crippen molar-refractivity contribution in [1.82, 2.24) is 9.80 Å². The Morgan fingerprint density at radius 3 is 2.28 bits per heavy atom. The predicted molar refractivity (Wildman–Crippen MR) is 137 cm³/mol. The molecule has 1 N–H and O–H groups in total. The third-order valence-corrected chi connectivity index (χ3v) is 6.93. The molecule has 1 heterocycles. The summed E-state index contributed by atoms with van der Waals surface area (Å²) in [7, 11) is 3.22.